The minimum atomic E-state index is -4.38. The number of hydrogen-bond acceptors (Lipinski definition) is 4. The lowest BCUT2D eigenvalue weighted by Gasteiger charge is -2.24. The number of halogens is 3. The van der Waals surface area contributed by atoms with Gasteiger partial charge in [0.25, 0.3) is 0 Å². The van der Waals surface area contributed by atoms with E-state index < -0.39 is 25.0 Å². The molecular formula is C22H37F3O4. The first-order valence-electron chi connectivity index (χ1n) is 11.0. The molecule has 4 nitrogen and oxygen atoms in total. The molecule has 0 aliphatic heterocycles. The van der Waals surface area contributed by atoms with Crippen LogP contribution in [-0.4, -0.2) is 35.3 Å². The van der Waals surface area contributed by atoms with Crippen molar-refractivity contribution >= 4 is 5.97 Å². The molecule has 0 saturated heterocycles. The minimum absolute atomic E-state index is 0.0363. The first-order chi connectivity index (χ1) is 13.8. The summed E-state index contributed by atoms with van der Waals surface area (Å²) in [4.78, 5) is 11.1. The SMILES string of the molecule is CCCCC(C(O)/C=C/[C@H]1CCC[C@@H]1CCCCCCC(=O)OCO)C(F)(F)F. The number of allylic oxidation sites excluding steroid dienone is 1. The topological polar surface area (TPSA) is 66.8 Å². The van der Waals surface area contributed by atoms with Crippen molar-refractivity contribution in [3.8, 4) is 0 Å². The van der Waals surface area contributed by atoms with Crippen molar-refractivity contribution in [2.75, 3.05) is 6.79 Å². The number of aliphatic hydroxyl groups is 2. The molecule has 170 valence electrons. The summed E-state index contributed by atoms with van der Waals surface area (Å²) >= 11 is 0. The number of esters is 1. The van der Waals surface area contributed by atoms with Crippen molar-refractivity contribution in [3.63, 3.8) is 0 Å². The molecule has 0 aromatic rings. The number of aliphatic hydroxyl groups excluding tert-OH is 2. The Morgan fingerprint density at radius 1 is 1.17 bits per heavy atom. The lowest BCUT2D eigenvalue weighted by Crippen LogP contribution is -2.33. The summed E-state index contributed by atoms with van der Waals surface area (Å²) in [6.45, 7) is 1.27. The van der Waals surface area contributed by atoms with Crippen LogP contribution in [0.15, 0.2) is 12.2 Å². The predicted molar refractivity (Wildman–Crippen MR) is 106 cm³/mol. The second-order valence-corrected chi connectivity index (χ2v) is 8.12. The van der Waals surface area contributed by atoms with Gasteiger partial charge in [-0.2, -0.15) is 13.2 Å². The van der Waals surface area contributed by atoms with E-state index in [1.165, 1.54) is 6.08 Å². The van der Waals surface area contributed by atoms with Crippen LogP contribution in [0.2, 0.25) is 0 Å². The maximum absolute atomic E-state index is 13.2. The van der Waals surface area contributed by atoms with Gasteiger partial charge in [-0.3, -0.25) is 4.79 Å². The number of ether oxygens (including phenoxy) is 1. The highest BCUT2D eigenvalue weighted by Crippen LogP contribution is 2.38. The van der Waals surface area contributed by atoms with Crippen LogP contribution < -0.4 is 0 Å². The van der Waals surface area contributed by atoms with E-state index >= 15 is 0 Å². The smallest absolute Gasteiger partial charge is 0.394 e. The van der Waals surface area contributed by atoms with Crippen LogP contribution in [0.5, 0.6) is 0 Å². The van der Waals surface area contributed by atoms with Gasteiger partial charge in [0, 0.05) is 6.42 Å². The average molecular weight is 423 g/mol. The standard InChI is InChI=1S/C22H37F3O4/c1-2-3-12-19(22(23,24)25)20(27)15-14-18-11-8-10-17(18)9-6-4-5-7-13-21(28)29-16-26/h14-15,17-20,26-27H,2-13,16H2,1H3/b15-14+/t17-,18+,19?,20?/m0/s1. The fourth-order valence-corrected chi connectivity index (χ4v) is 4.19. The normalized spacial score (nSPS) is 22.1. The molecule has 1 aliphatic rings. The van der Waals surface area contributed by atoms with Gasteiger partial charge >= 0.3 is 12.1 Å². The van der Waals surface area contributed by atoms with Gasteiger partial charge in [-0.15, -0.1) is 0 Å². The number of unbranched alkanes of at least 4 members (excludes halogenated alkanes) is 4. The summed E-state index contributed by atoms with van der Waals surface area (Å²) in [6, 6.07) is 0. The molecule has 0 aromatic carbocycles. The van der Waals surface area contributed by atoms with E-state index in [9.17, 15) is 23.1 Å². The molecule has 4 atom stereocenters. The van der Waals surface area contributed by atoms with Crippen molar-refractivity contribution < 1.29 is 32.9 Å². The third kappa shape index (κ3) is 10.5. The van der Waals surface area contributed by atoms with Crippen molar-refractivity contribution in [2.45, 2.75) is 96.3 Å². The molecule has 1 aliphatic carbocycles. The van der Waals surface area contributed by atoms with Gasteiger partial charge in [-0.25, -0.2) is 0 Å². The largest absolute Gasteiger partial charge is 0.439 e. The molecule has 0 amide bonds. The Labute approximate surface area is 172 Å². The van der Waals surface area contributed by atoms with E-state index in [4.69, 9.17) is 5.11 Å². The first kappa shape index (κ1) is 26.0. The molecule has 29 heavy (non-hydrogen) atoms. The van der Waals surface area contributed by atoms with Crippen LogP contribution in [0.25, 0.3) is 0 Å². The minimum Gasteiger partial charge on any atom is -0.439 e. The maximum atomic E-state index is 13.2. The van der Waals surface area contributed by atoms with Gasteiger partial charge in [0.05, 0.1) is 12.0 Å². The Hall–Kier alpha value is -1.08. The molecule has 0 bridgehead atoms. The van der Waals surface area contributed by atoms with Crippen LogP contribution in [0.4, 0.5) is 13.2 Å². The van der Waals surface area contributed by atoms with Crippen LogP contribution in [0.1, 0.15) is 84.0 Å². The number of carbonyl (C=O) groups is 1. The van der Waals surface area contributed by atoms with E-state index in [2.05, 4.69) is 4.74 Å². The third-order valence-electron chi connectivity index (χ3n) is 5.91. The second kappa shape index (κ2) is 14.0. The molecule has 1 rings (SSSR count). The highest BCUT2D eigenvalue weighted by atomic mass is 19.4. The Morgan fingerprint density at radius 3 is 2.55 bits per heavy atom. The summed E-state index contributed by atoms with van der Waals surface area (Å²) < 4.78 is 44.1. The number of carbonyl (C=O) groups excluding carboxylic acids is 1. The monoisotopic (exact) mass is 422 g/mol. The van der Waals surface area contributed by atoms with Crippen LogP contribution >= 0.6 is 0 Å². The van der Waals surface area contributed by atoms with Gasteiger partial charge in [-0.1, -0.05) is 57.6 Å². The zero-order valence-electron chi connectivity index (χ0n) is 17.5. The second-order valence-electron chi connectivity index (χ2n) is 8.12. The predicted octanol–water partition coefficient (Wildman–Crippen LogP) is 5.52. The highest BCUT2D eigenvalue weighted by Gasteiger charge is 2.42. The van der Waals surface area contributed by atoms with Crippen LogP contribution in [-0.2, 0) is 9.53 Å². The Morgan fingerprint density at radius 2 is 1.90 bits per heavy atom. The zero-order chi connectivity index (χ0) is 21.7. The van der Waals surface area contributed by atoms with E-state index in [0.717, 1.165) is 51.4 Å². The Kier molecular flexibility index (Phi) is 12.5. The molecule has 1 fully saturated rings. The summed E-state index contributed by atoms with van der Waals surface area (Å²) in [5.74, 6) is -1.37. The molecule has 0 heterocycles. The molecule has 0 spiro atoms. The van der Waals surface area contributed by atoms with Gasteiger partial charge in [0.15, 0.2) is 6.79 Å². The van der Waals surface area contributed by atoms with Crippen molar-refractivity contribution in [3.05, 3.63) is 12.2 Å². The summed E-state index contributed by atoms with van der Waals surface area (Å²) in [7, 11) is 0. The maximum Gasteiger partial charge on any atom is 0.394 e. The third-order valence-corrected chi connectivity index (χ3v) is 5.91. The van der Waals surface area contributed by atoms with Crippen molar-refractivity contribution in [1.82, 2.24) is 0 Å². The molecule has 1 saturated carbocycles. The Balaban J connectivity index is 2.38. The lowest BCUT2D eigenvalue weighted by molar-refractivity contribution is -0.195. The zero-order valence-corrected chi connectivity index (χ0v) is 17.5. The van der Waals surface area contributed by atoms with Crippen LogP contribution in [0, 0.1) is 17.8 Å². The average Bonchev–Trinajstić information content (AvgIpc) is 3.09. The molecule has 0 radical (unpaired) electrons. The quantitative estimate of drug-likeness (QED) is 0.167. The molecular weight excluding hydrogens is 385 g/mol. The Bertz CT molecular complexity index is 479. The summed E-state index contributed by atoms with van der Waals surface area (Å²) in [5, 5.41) is 18.6. The number of alkyl halides is 3. The fraction of sp³-hybridized carbons (Fsp3) is 0.864. The number of rotatable bonds is 14. The van der Waals surface area contributed by atoms with Crippen molar-refractivity contribution in [2.24, 2.45) is 17.8 Å². The van der Waals surface area contributed by atoms with Gasteiger partial charge in [0.2, 0.25) is 0 Å². The molecule has 2 unspecified atom stereocenters. The lowest BCUT2D eigenvalue weighted by atomic mass is 9.88. The first-order valence-corrected chi connectivity index (χ1v) is 11.0. The molecule has 7 heteroatoms. The summed E-state index contributed by atoms with van der Waals surface area (Å²) in [6.07, 6.45) is 6.55. The van der Waals surface area contributed by atoms with Gasteiger partial charge in [0.1, 0.15) is 0 Å². The van der Waals surface area contributed by atoms with Crippen molar-refractivity contribution in [1.29, 1.82) is 0 Å². The van der Waals surface area contributed by atoms with Crippen LogP contribution in [0.3, 0.4) is 0 Å². The summed E-state index contributed by atoms with van der Waals surface area (Å²) in [5.41, 5.74) is 0. The van der Waals surface area contributed by atoms with E-state index in [-0.39, 0.29) is 18.3 Å². The van der Waals surface area contributed by atoms with E-state index in [1.807, 2.05) is 13.0 Å². The van der Waals surface area contributed by atoms with E-state index in [0.29, 0.717) is 25.2 Å². The van der Waals surface area contributed by atoms with Gasteiger partial charge in [-0.05, 0) is 43.9 Å². The van der Waals surface area contributed by atoms with E-state index in [1.54, 1.807) is 0 Å². The highest BCUT2D eigenvalue weighted by molar-refractivity contribution is 5.69. The van der Waals surface area contributed by atoms with Gasteiger partial charge < -0.3 is 14.9 Å². The fourth-order valence-electron chi connectivity index (χ4n) is 4.19. The molecule has 0 aromatic heterocycles. The molecule has 2 N–H and O–H groups in total. The number of hydrogen-bond donors (Lipinski definition) is 2.